The summed E-state index contributed by atoms with van der Waals surface area (Å²) in [5, 5.41) is 4.98. The van der Waals surface area contributed by atoms with E-state index in [-0.39, 0.29) is 33.1 Å². The summed E-state index contributed by atoms with van der Waals surface area (Å²) in [6.45, 7) is -1.30. The highest BCUT2D eigenvalue weighted by molar-refractivity contribution is 7.99. The third-order valence-electron chi connectivity index (χ3n) is 3.91. The summed E-state index contributed by atoms with van der Waals surface area (Å²) in [4.78, 5) is 48.5. The Morgan fingerprint density at radius 1 is 1.07 bits per heavy atom. The topological polar surface area (TPSA) is 110 Å². The van der Waals surface area contributed by atoms with E-state index < -0.39 is 41.9 Å². The van der Waals surface area contributed by atoms with Crippen LogP contribution in [-0.4, -0.2) is 34.0 Å². The minimum atomic E-state index is -2.66. The molecule has 0 fully saturated rings. The molecule has 2 N–H and O–H groups in total. The smallest absolute Gasteiger partial charge is 0.328 e. The van der Waals surface area contributed by atoms with Gasteiger partial charge in [-0.1, -0.05) is 36.0 Å². The summed E-state index contributed by atoms with van der Waals surface area (Å²) in [7, 11) is 0. The van der Waals surface area contributed by atoms with E-state index in [1.807, 2.05) is 0 Å². The molecule has 0 atom stereocenters. The van der Waals surface area contributed by atoms with Crippen LogP contribution in [0.3, 0.4) is 0 Å². The summed E-state index contributed by atoms with van der Waals surface area (Å²) in [5.74, 6) is -4.35. The number of aromatic nitrogens is 2. The van der Waals surface area contributed by atoms with E-state index in [0.717, 1.165) is 4.68 Å². The fraction of sp³-hybridized carbons (Fsp3) is 0.158. The fourth-order valence-electron chi connectivity index (χ4n) is 2.63. The minimum absolute atomic E-state index is 0.139. The molecule has 0 unspecified atom stereocenters. The van der Waals surface area contributed by atoms with Crippen molar-refractivity contribution in [1.82, 2.24) is 9.78 Å². The molecule has 3 rings (SSSR count). The Balaban J connectivity index is 1.62. The molecule has 2 aromatic carbocycles. The molecule has 30 heavy (non-hydrogen) atoms. The van der Waals surface area contributed by atoms with Crippen LogP contribution in [0.5, 0.6) is 0 Å². The molecule has 1 amide bonds. The van der Waals surface area contributed by atoms with Crippen LogP contribution in [0.25, 0.3) is 10.8 Å². The average molecular weight is 435 g/mol. The maximum Gasteiger partial charge on any atom is 0.328 e. The number of para-hydroxylation sites is 1. The third-order valence-corrected chi connectivity index (χ3v) is 4.70. The number of aromatic amines is 1. The largest absolute Gasteiger partial charge is 0.454 e. The van der Waals surface area contributed by atoms with Crippen LogP contribution in [0.15, 0.2) is 63.0 Å². The highest BCUT2D eigenvalue weighted by Gasteiger charge is 2.15. The Morgan fingerprint density at radius 3 is 2.47 bits per heavy atom. The van der Waals surface area contributed by atoms with Gasteiger partial charge in [-0.15, -0.1) is 0 Å². The molecular formula is C19H15F2N3O5S. The van der Waals surface area contributed by atoms with Crippen molar-refractivity contribution in [3.63, 3.8) is 0 Å². The number of hydrogen-bond acceptors (Lipinski definition) is 6. The van der Waals surface area contributed by atoms with Crippen molar-refractivity contribution in [2.75, 3.05) is 11.9 Å². The van der Waals surface area contributed by atoms with Gasteiger partial charge in [-0.05, 0) is 24.3 Å². The van der Waals surface area contributed by atoms with Crippen LogP contribution >= 0.6 is 11.8 Å². The zero-order chi connectivity index (χ0) is 21.7. The second-order valence-electron chi connectivity index (χ2n) is 5.96. The van der Waals surface area contributed by atoms with E-state index in [4.69, 9.17) is 4.74 Å². The van der Waals surface area contributed by atoms with Gasteiger partial charge in [-0.3, -0.25) is 24.3 Å². The monoisotopic (exact) mass is 435 g/mol. The molecule has 0 aliphatic carbocycles. The van der Waals surface area contributed by atoms with Crippen LogP contribution in [0, 0.1) is 0 Å². The fourth-order valence-corrected chi connectivity index (χ4v) is 3.23. The molecule has 11 heteroatoms. The molecule has 1 heterocycles. The van der Waals surface area contributed by atoms with Crippen LogP contribution in [0.4, 0.5) is 14.5 Å². The number of halogens is 2. The number of carbonyl (C=O) groups is 2. The molecular weight excluding hydrogens is 420 g/mol. The number of anilines is 1. The van der Waals surface area contributed by atoms with Gasteiger partial charge in [-0.25, -0.2) is 4.68 Å². The molecule has 3 aromatic rings. The molecule has 0 aliphatic heterocycles. The number of rotatable bonds is 7. The van der Waals surface area contributed by atoms with Gasteiger partial charge in [0.1, 0.15) is 6.54 Å². The van der Waals surface area contributed by atoms with Crippen LogP contribution in [0.1, 0.15) is 0 Å². The third kappa shape index (κ3) is 5.11. The summed E-state index contributed by atoms with van der Waals surface area (Å²) < 4.78 is 30.8. The number of thioether (sulfide) groups is 1. The number of nitrogens with one attached hydrogen (secondary N) is 2. The Hall–Kier alpha value is -3.47. The Labute approximate surface area is 171 Å². The summed E-state index contributed by atoms with van der Waals surface area (Å²) in [5.41, 5.74) is -0.993. The van der Waals surface area contributed by atoms with E-state index in [9.17, 15) is 28.0 Å². The minimum Gasteiger partial charge on any atom is -0.454 e. The van der Waals surface area contributed by atoms with Crippen molar-refractivity contribution in [3.05, 3.63) is 69.2 Å². The zero-order valence-corrected chi connectivity index (χ0v) is 16.1. The maximum atomic E-state index is 12.6. The lowest BCUT2D eigenvalue weighted by Gasteiger charge is -2.11. The van der Waals surface area contributed by atoms with Crippen molar-refractivity contribution in [1.29, 1.82) is 0 Å². The molecule has 8 nitrogen and oxygen atoms in total. The first-order valence-corrected chi connectivity index (χ1v) is 9.44. The first kappa shape index (κ1) is 21.2. The lowest BCUT2D eigenvalue weighted by atomic mass is 10.2. The number of amides is 1. The van der Waals surface area contributed by atoms with Crippen molar-refractivity contribution in [2.45, 2.75) is 17.2 Å². The van der Waals surface area contributed by atoms with Crippen LogP contribution in [-0.2, 0) is 20.9 Å². The first-order chi connectivity index (χ1) is 14.3. The summed E-state index contributed by atoms with van der Waals surface area (Å²) >= 11 is 0.269. The molecule has 0 saturated carbocycles. The van der Waals surface area contributed by atoms with Gasteiger partial charge in [0.25, 0.3) is 22.8 Å². The van der Waals surface area contributed by atoms with E-state index in [0.29, 0.717) is 0 Å². The highest BCUT2D eigenvalue weighted by atomic mass is 32.2. The predicted molar refractivity (Wildman–Crippen MR) is 107 cm³/mol. The van der Waals surface area contributed by atoms with Crippen LogP contribution in [0.2, 0.25) is 0 Å². The van der Waals surface area contributed by atoms with Gasteiger partial charge in [0, 0.05) is 4.90 Å². The zero-order valence-electron chi connectivity index (χ0n) is 15.3. The van der Waals surface area contributed by atoms with E-state index >= 15 is 0 Å². The molecule has 0 bridgehead atoms. The Morgan fingerprint density at radius 2 is 1.73 bits per heavy atom. The number of ether oxygens (including phenoxy) is 1. The van der Waals surface area contributed by atoms with Crippen LogP contribution < -0.4 is 16.4 Å². The number of carbonyl (C=O) groups excluding carboxylic acids is 2. The summed E-state index contributed by atoms with van der Waals surface area (Å²) in [6, 6.07) is 12.1. The van der Waals surface area contributed by atoms with Gasteiger partial charge in [-0.2, -0.15) is 8.78 Å². The molecule has 0 radical (unpaired) electrons. The van der Waals surface area contributed by atoms with Crippen molar-refractivity contribution >= 4 is 40.1 Å². The second kappa shape index (κ2) is 9.35. The molecule has 1 aromatic heterocycles. The molecule has 0 spiro atoms. The Kier molecular flexibility index (Phi) is 6.62. The number of nitrogens with zero attached hydrogens (tertiary/aromatic N) is 1. The molecule has 156 valence electrons. The predicted octanol–water partition coefficient (Wildman–Crippen LogP) is 2.19. The number of fused-ring (bicyclic) bond motifs is 1. The Bertz CT molecular complexity index is 1210. The van der Waals surface area contributed by atoms with Gasteiger partial charge in [0.2, 0.25) is 0 Å². The van der Waals surface area contributed by atoms with Gasteiger partial charge < -0.3 is 10.1 Å². The summed E-state index contributed by atoms with van der Waals surface area (Å²) in [6.07, 6.45) is 0. The van der Waals surface area contributed by atoms with E-state index in [1.54, 1.807) is 24.3 Å². The molecule has 0 aliphatic rings. The second-order valence-corrected chi connectivity index (χ2v) is 6.99. The van der Waals surface area contributed by atoms with Crippen molar-refractivity contribution in [2.24, 2.45) is 0 Å². The lowest BCUT2D eigenvalue weighted by molar-refractivity contribution is -0.148. The van der Waals surface area contributed by atoms with Gasteiger partial charge in [0.15, 0.2) is 6.61 Å². The number of H-pyrrole nitrogens is 1. The maximum absolute atomic E-state index is 12.6. The normalized spacial score (nSPS) is 10.9. The standard InChI is InChI=1S/C19H15F2N3O5S/c20-19(21)30-14-8-4-3-7-13(14)22-15(25)10-29-16(26)9-24-18(28)12-6-2-1-5-11(12)17(27)23-24/h1-8,19H,9-10H2,(H,22,25)(H,23,27). The van der Waals surface area contributed by atoms with Gasteiger partial charge in [0.05, 0.1) is 16.5 Å². The van der Waals surface area contributed by atoms with E-state index in [1.165, 1.54) is 24.3 Å². The van der Waals surface area contributed by atoms with Crippen molar-refractivity contribution < 1.29 is 23.1 Å². The SMILES string of the molecule is O=C(COC(=O)Cn1[nH]c(=O)c2ccccc2c1=O)Nc1ccccc1SC(F)F. The first-order valence-electron chi connectivity index (χ1n) is 8.56. The molecule has 0 saturated heterocycles. The van der Waals surface area contributed by atoms with E-state index in [2.05, 4.69) is 10.4 Å². The number of alkyl halides is 2. The number of esters is 1. The number of hydrogen-bond donors (Lipinski definition) is 2. The number of benzene rings is 2. The lowest BCUT2D eigenvalue weighted by Crippen LogP contribution is -2.33. The highest BCUT2D eigenvalue weighted by Crippen LogP contribution is 2.31. The average Bonchev–Trinajstić information content (AvgIpc) is 2.71. The van der Waals surface area contributed by atoms with Gasteiger partial charge >= 0.3 is 5.97 Å². The van der Waals surface area contributed by atoms with Crippen molar-refractivity contribution in [3.8, 4) is 0 Å². The quantitative estimate of drug-likeness (QED) is 0.435.